The number of carbonyl (C=O) groups is 2. The first-order valence-corrected chi connectivity index (χ1v) is 7.27. The highest BCUT2D eigenvalue weighted by Crippen LogP contribution is 2.32. The molecule has 2 N–H and O–H groups in total. The molecule has 1 aliphatic rings. The van der Waals surface area contributed by atoms with E-state index in [1.807, 2.05) is 0 Å². The van der Waals surface area contributed by atoms with E-state index < -0.39 is 0 Å². The van der Waals surface area contributed by atoms with Gasteiger partial charge in [-0.3, -0.25) is 9.59 Å². The molecule has 24 heavy (non-hydrogen) atoms. The monoisotopic (exact) mass is 328 g/mol. The highest BCUT2D eigenvalue weighted by atomic mass is 16.7. The minimum absolute atomic E-state index is 0.142. The molecule has 2 amide bonds. The van der Waals surface area contributed by atoms with Gasteiger partial charge in [0.05, 0.1) is 13.7 Å². The van der Waals surface area contributed by atoms with Gasteiger partial charge in [-0.05, 0) is 30.3 Å². The lowest BCUT2D eigenvalue weighted by Gasteiger charge is -2.08. The fourth-order valence-electron chi connectivity index (χ4n) is 2.21. The largest absolute Gasteiger partial charge is 0.497 e. The highest BCUT2D eigenvalue weighted by molar-refractivity contribution is 5.99. The third kappa shape index (κ3) is 3.57. The number of carbonyl (C=O) groups excluding carboxylic acids is 2. The van der Waals surface area contributed by atoms with E-state index in [-0.39, 0.29) is 25.2 Å². The van der Waals surface area contributed by atoms with Crippen LogP contribution in [0.25, 0.3) is 0 Å². The van der Waals surface area contributed by atoms with Crippen molar-refractivity contribution in [2.45, 2.75) is 0 Å². The SMILES string of the molecule is COc1cccc(NC(=O)CNC(=O)c2ccc3c(c2)OCO3)c1. The van der Waals surface area contributed by atoms with Gasteiger partial charge in [0.25, 0.3) is 5.91 Å². The molecule has 0 aromatic heterocycles. The van der Waals surface area contributed by atoms with Gasteiger partial charge in [-0.25, -0.2) is 0 Å². The summed E-state index contributed by atoms with van der Waals surface area (Å²) < 4.78 is 15.5. The molecule has 0 aliphatic carbocycles. The van der Waals surface area contributed by atoms with Gasteiger partial charge < -0.3 is 24.8 Å². The molecule has 0 atom stereocenters. The van der Waals surface area contributed by atoms with Gasteiger partial charge in [0.15, 0.2) is 11.5 Å². The number of benzene rings is 2. The zero-order valence-electron chi connectivity index (χ0n) is 13.0. The van der Waals surface area contributed by atoms with Crippen molar-refractivity contribution < 1.29 is 23.8 Å². The number of rotatable bonds is 5. The molecule has 1 aliphatic heterocycles. The summed E-state index contributed by atoms with van der Waals surface area (Å²) in [4.78, 5) is 24.0. The number of methoxy groups -OCH3 is 1. The lowest BCUT2D eigenvalue weighted by molar-refractivity contribution is -0.115. The Morgan fingerprint density at radius 2 is 1.96 bits per heavy atom. The van der Waals surface area contributed by atoms with Gasteiger partial charge in [0, 0.05) is 17.3 Å². The first-order valence-electron chi connectivity index (χ1n) is 7.27. The molecule has 0 radical (unpaired) electrons. The van der Waals surface area contributed by atoms with Gasteiger partial charge in [-0.15, -0.1) is 0 Å². The van der Waals surface area contributed by atoms with Gasteiger partial charge in [-0.1, -0.05) is 6.07 Å². The number of nitrogens with one attached hydrogen (secondary N) is 2. The topological polar surface area (TPSA) is 85.9 Å². The van der Waals surface area contributed by atoms with Crippen LogP contribution >= 0.6 is 0 Å². The van der Waals surface area contributed by atoms with Crippen molar-refractivity contribution in [1.29, 1.82) is 0 Å². The lowest BCUT2D eigenvalue weighted by atomic mass is 10.2. The summed E-state index contributed by atoms with van der Waals surface area (Å²) in [5.41, 5.74) is 0.991. The second-order valence-electron chi connectivity index (χ2n) is 5.03. The fourth-order valence-corrected chi connectivity index (χ4v) is 2.21. The van der Waals surface area contributed by atoms with E-state index in [1.165, 1.54) is 0 Å². The zero-order valence-corrected chi connectivity index (χ0v) is 13.0. The third-order valence-corrected chi connectivity index (χ3v) is 3.40. The summed E-state index contributed by atoms with van der Waals surface area (Å²) in [6.45, 7) is -0.00612. The minimum Gasteiger partial charge on any atom is -0.497 e. The molecule has 124 valence electrons. The number of ether oxygens (including phenoxy) is 3. The Morgan fingerprint density at radius 3 is 2.79 bits per heavy atom. The van der Waals surface area contributed by atoms with Crippen molar-refractivity contribution in [3.63, 3.8) is 0 Å². The quantitative estimate of drug-likeness (QED) is 0.874. The standard InChI is InChI=1S/C17H16N2O5/c1-22-13-4-2-3-12(8-13)19-16(20)9-18-17(21)11-5-6-14-15(7-11)24-10-23-14/h2-8H,9-10H2,1H3,(H,18,21)(H,19,20). The third-order valence-electron chi connectivity index (χ3n) is 3.40. The smallest absolute Gasteiger partial charge is 0.251 e. The average molecular weight is 328 g/mol. The molecule has 0 fully saturated rings. The van der Waals surface area contributed by atoms with Crippen LogP contribution in [0.2, 0.25) is 0 Å². The summed E-state index contributed by atoms with van der Waals surface area (Å²) in [6, 6.07) is 11.8. The molecule has 1 heterocycles. The zero-order chi connectivity index (χ0) is 16.9. The number of hydrogen-bond acceptors (Lipinski definition) is 5. The van der Waals surface area contributed by atoms with Crippen molar-refractivity contribution in [1.82, 2.24) is 5.32 Å². The molecular formula is C17H16N2O5. The van der Waals surface area contributed by atoms with Gasteiger partial charge in [-0.2, -0.15) is 0 Å². The molecule has 7 heteroatoms. The number of anilines is 1. The first-order chi connectivity index (χ1) is 11.7. The number of hydrogen-bond donors (Lipinski definition) is 2. The van der Waals surface area contributed by atoms with Crippen LogP contribution in [0.4, 0.5) is 5.69 Å². The second kappa shape index (κ2) is 6.91. The van der Waals surface area contributed by atoms with Crippen LogP contribution in [0.1, 0.15) is 10.4 Å². The van der Waals surface area contributed by atoms with E-state index in [0.717, 1.165) is 0 Å². The van der Waals surface area contributed by atoms with Crippen molar-refractivity contribution in [2.24, 2.45) is 0 Å². The van der Waals surface area contributed by atoms with Crippen molar-refractivity contribution in [3.8, 4) is 17.2 Å². The van der Waals surface area contributed by atoms with Crippen LogP contribution in [0.5, 0.6) is 17.2 Å². The average Bonchev–Trinajstić information content (AvgIpc) is 3.07. The molecule has 0 unspecified atom stereocenters. The van der Waals surface area contributed by atoms with E-state index >= 15 is 0 Å². The van der Waals surface area contributed by atoms with Gasteiger partial charge in [0.1, 0.15) is 5.75 Å². The summed E-state index contributed by atoms with van der Waals surface area (Å²) in [7, 11) is 1.55. The van der Waals surface area contributed by atoms with E-state index in [0.29, 0.717) is 28.5 Å². The summed E-state index contributed by atoms with van der Waals surface area (Å²) in [6.07, 6.45) is 0. The Kier molecular flexibility index (Phi) is 4.51. The van der Waals surface area contributed by atoms with Crippen molar-refractivity contribution in [2.75, 3.05) is 25.8 Å². The molecule has 0 bridgehead atoms. The minimum atomic E-state index is -0.367. The number of fused-ring (bicyclic) bond motifs is 1. The second-order valence-corrected chi connectivity index (χ2v) is 5.03. The Bertz CT molecular complexity index is 775. The molecule has 7 nitrogen and oxygen atoms in total. The summed E-state index contributed by atoms with van der Waals surface area (Å²) in [5, 5.41) is 5.25. The fraction of sp³-hybridized carbons (Fsp3) is 0.176. The molecule has 2 aromatic carbocycles. The van der Waals surface area contributed by atoms with Crippen LogP contribution < -0.4 is 24.8 Å². The molecule has 0 saturated heterocycles. The maximum Gasteiger partial charge on any atom is 0.251 e. The summed E-state index contributed by atoms with van der Waals surface area (Å²) in [5.74, 6) is 1.05. The van der Waals surface area contributed by atoms with Gasteiger partial charge >= 0.3 is 0 Å². The molecular weight excluding hydrogens is 312 g/mol. The Hall–Kier alpha value is -3.22. The number of amides is 2. The molecule has 3 rings (SSSR count). The summed E-state index contributed by atoms with van der Waals surface area (Å²) >= 11 is 0. The normalized spacial score (nSPS) is 11.7. The predicted molar refractivity (Wildman–Crippen MR) is 86.5 cm³/mol. The van der Waals surface area contributed by atoms with Crippen molar-refractivity contribution >= 4 is 17.5 Å². The predicted octanol–water partition coefficient (Wildman–Crippen LogP) is 1.79. The molecule has 0 spiro atoms. The molecule has 0 saturated carbocycles. The van der Waals surface area contributed by atoms with E-state index in [2.05, 4.69) is 10.6 Å². The maximum absolute atomic E-state index is 12.1. The van der Waals surface area contributed by atoms with Crippen LogP contribution in [-0.4, -0.2) is 32.3 Å². The van der Waals surface area contributed by atoms with Crippen molar-refractivity contribution in [3.05, 3.63) is 48.0 Å². The van der Waals surface area contributed by atoms with Crippen LogP contribution in [0, 0.1) is 0 Å². The van der Waals surface area contributed by atoms with Crippen LogP contribution in [0.15, 0.2) is 42.5 Å². The van der Waals surface area contributed by atoms with E-state index in [4.69, 9.17) is 14.2 Å². The van der Waals surface area contributed by atoms with Crippen LogP contribution in [0.3, 0.4) is 0 Å². The van der Waals surface area contributed by atoms with Gasteiger partial charge in [0.2, 0.25) is 12.7 Å². The Labute approximate surface area is 138 Å². The van der Waals surface area contributed by atoms with E-state index in [9.17, 15) is 9.59 Å². The highest BCUT2D eigenvalue weighted by Gasteiger charge is 2.16. The Morgan fingerprint density at radius 1 is 1.12 bits per heavy atom. The Balaban J connectivity index is 1.54. The first kappa shape index (κ1) is 15.7. The maximum atomic E-state index is 12.1. The van der Waals surface area contributed by atoms with E-state index in [1.54, 1.807) is 49.6 Å². The lowest BCUT2D eigenvalue weighted by Crippen LogP contribution is -2.32. The van der Waals surface area contributed by atoms with Crippen LogP contribution in [-0.2, 0) is 4.79 Å². The molecule has 2 aromatic rings.